The molecule has 128 valence electrons. The Morgan fingerprint density at radius 3 is 1.52 bits per heavy atom. The van der Waals surface area contributed by atoms with E-state index in [1.165, 1.54) is 0 Å². The minimum Gasteiger partial charge on any atom is -1.00 e. The molecule has 0 bridgehead atoms. The number of hydrogen-bond acceptors (Lipinski definition) is 3. The average Bonchev–Trinajstić information content (AvgIpc) is 2.48. The van der Waals surface area contributed by atoms with Gasteiger partial charge in [-0.1, -0.05) is 0 Å². The van der Waals surface area contributed by atoms with E-state index in [2.05, 4.69) is 4.99 Å². The van der Waals surface area contributed by atoms with Crippen LogP contribution in [0.1, 0.15) is 12.5 Å². The summed E-state index contributed by atoms with van der Waals surface area (Å²) in [7, 11) is 3.31. The maximum absolute atomic E-state index is 5.14. The fraction of sp³-hybridized carbons (Fsp3) is 0.188. The smallest absolute Gasteiger partial charge is 1.00 e. The molecular weight excluding hydrogens is 537 g/mol. The Balaban J connectivity index is -0.000001000. The second-order valence-electron chi connectivity index (χ2n) is 4.12. The first-order valence-corrected chi connectivity index (χ1v) is 6.06. The summed E-state index contributed by atoms with van der Waals surface area (Å²) >= 11 is 0. The minimum absolute atomic E-state index is 0. The van der Waals surface area contributed by atoms with E-state index < -0.39 is 0 Å². The number of nitrogens with zero attached hydrogens (tertiary/aromatic N) is 1. The van der Waals surface area contributed by atoms with E-state index in [9.17, 15) is 0 Å². The second kappa shape index (κ2) is 13.6. The third-order valence-corrected chi connectivity index (χ3v) is 2.88. The van der Waals surface area contributed by atoms with Crippen LogP contribution in [0.15, 0.2) is 53.5 Å². The molecule has 23 heavy (non-hydrogen) atoms. The average molecular weight is 554 g/mol. The second-order valence-corrected chi connectivity index (χ2v) is 4.12. The fourth-order valence-corrected chi connectivity index (χ4v) is 1.75. The van der Waals surface area contributed by atoms with Crippen LogP contribution in [-0.2, 0) is 20.1 Å². The van der Waals surface area contributed by atoms with Gasteiger partial charge in [-0.25, -0.2) is 0 Å². The van der Waals surface area contributed by atoms with Crippen LogP contribution in [0, 0.1) is 0 Å². The van der Waals surface area contributed by atoms with Crippen molar-refractivity contribution in [3.63, 3.8) is 0 Å². The van der Waals surface area contributed by atoms with Gasteiger partial charge in [0.05, 0.1) is 19.9 Å². The van der Waals surface area contributed by atoms with Crippen molar-refractivity contribution in [3.8, 4) is 11.5 Å². The van der Waals surface area contributed by atoms with E-state index in [1.54, 1.807) is 14.2 Å². The van der Waals surface area contributed by atoms with Crippen LogP contribution in [0.5, 0.6) is 11.5 Å². The standard InChI is InChI=1S/C16H17NO2.3ClH.Ir/c1-12(13-4-8-15(18-2)9-5-13)17-14-6-10-16(19-3)11-7-14;;;;/h4-11H,1-3H3;3*1H;/q;;;;+3/p-3/b17-12+;;;;. The Morgan fingerprint density at radius 2 is 1.13 bits per heavy atom. The normalized spacial score (nSPS) is 9.26. The van der Waals surface area contributed by atoms with Gasteiger partial charge in [-0.3, -0.25) is 4.99 Å². The molecule has 0 aliphatic carbocycles. The summed E-state index contributed by atoms with van der Waals surface area (Å²) in [4.78, 5) is 4.58. The van der Waals surface area contributed by atoms with Crippen LogP contribution in [0.4, 0.5) is 5.69 Å². The number of ether oxygens (including phenoxy) is 2. The molecule has 0 saturated heterocycles. The zero-order valence-corrected chi connectivity index (χ0v) is 17.5. The Morgan fingerprint density at radius 1 is 0.739 bits per heavy atom. The summed E-state index contributed by atoms with van der Waals surface area (Å²) in [5.41, 5.74) is 2.96. The number of aliphatic imine (C=N–C) groups is 1. The summed E-state index contributed by atoms with van der Waals surface area (Å²) < 4.78 is 10.3. The molecule has 0 aliphatic heterocycles. The first-order chi connectivity index (χ1) is 9.22. The monoisotopic (exact) mass is 553 g/mol. The van der Waals surface area contributed by atoms with Crippen LogP contribution in [0.2, 0.25) is 0 Å². The Hall–Kier alpha value is -0.771. The predicted octanol–water partition coefficient (Wildman–Crippen LogP) is -5.15. The minimum atomic E-state index is 0. The Bertz CT molecular complexity index is 575. The summed E-state index contributed by atoms with van der Waals surface area (Å²) in [6, 6.07) is 15.5. The summed E-state index contributed by atoms with van der Waals surface area (Å²) in [5, 5.41) is 0. The van der Waals surface area contributed by atoms with Crippen molar-refractivity contribution in [2.75, 3.05) is 14.2 Å². The van der Waals surface area contributed by atoms with Crippen LogP contribution < -0.4 is 46.7 Å². The summed E-state index contributed by atoms with van der Waals surface area (Å²) in [5.74, 6) is 1.68. The quantitative estimate of drug-likeness (QED) is 0.355. The molecule has 0 fully saturated rings. The van der Waals surface area contributed by atoms with Crippen molar-refractivity contribution in [2.24, 2.45) is 4.99 Å². The van der Waals surface area contributed by atoms with Gasteiger partial charge in [0.15, 0.2) is 0 Å². The zero-order chi connectivity index (χ0) is 13.7. The fourth-order valence-electron chi connectivity index (χ4n) is 1.75. The molecule has 2 aromatic rings. The number of rotatable bonds is 4. The molecule has 2 aromatic carbocycles. The van der Waals surface area contributed by atoms with E-state index in [0.29, 0.717) is 0 Å². The van der Waals surface area contributed by atoms with Gasteiger partial charge in [-0.2, -0.15) is 0 Å². The van der Waals surface area contributed by atoms with Gasteiger partial charge in [0.2, 0.25) is 0 Å². The van der Waals surface area contributed by atoms with Gasteiger partial charge >= 0.3 is 20.1 Å². The van der Waals surface area contributed by atoms with E-state index in [-0.39, 0.29) is 57.3 Å². The van der Waals surface area contributed by atoms with Gasteiger partial charge in [0, 0.05) is 5.71 Å². The van der Waals surface area contributed by atoms with Gasteiger partial charge in [0.1, 0.15) is 11.5 Å². The van der Waals surface area contributed by atoms with Gasteiger partial charge < -0.3 is 46.7 Å². The molecule has 0 aromatic heterocycles. The number of benzene rings is 2. The van der Waals surface area contributed by atoms with Crippen molar-refractivity contribution in [2.45, 2.75) is 6.92 Å². The largest absolute Gasteiger partial charge is 3.00 e. The molecule has 2 rings (SSSR count). The molecule has 0 aliphatic rings. The summed E-state index contributed by atoms with van der Waals surface area (Å²) in [6.45, 7) is 1.99. The van der Waals surface area contributed by atoms with Crippen LogP contribution in [0.25, 0.3) is 0 Å². The van der Waals surface area contributed by atoms with Gasteiger partial charge in [-0.05, 0) is 61.0 Å². The Kier molecular flexibility index (Phi) is 16.1. The first-order valence-electron chi connectivity index (χ1n) is 6.06. The first kappa shape index (κ1) is 27.1. The Labute approximate surface area is 169 Å². The maximum Gasteiger partial charge on any atom is 3.00 e. The predicted molar refractivity (Wildman–Crippen MR) is 77.9 cm³/mol. The van der Waals surface area contributed by atoms with E-state index in [4.69, 9.17) is 9.47 Å². The zero-order valence-electron chi connectivity index (χ0n) is 12.8. The van der Waals surface area contributed by atoms with E-state index in [0.717, 1.165) is 28.5 Å². The number of hydrogen-bond donors (Lipinski definition) is 0. The van der Waals surface area contributed by atoms with Crippen molar-refractivity contribution in [1.82, 2.24) is 0 Å². The maximum atomic E-state index is 5.14. The van der Waals surface area contributed by atoms with Gasteiger partial charge in [0.25, 0.3) is 0 Å². The third kappa shape index (κ3) is 8.05. The van der Waals surface area contributed by atoms with Crippen molar-refractivity contribution in [1.29, 1.82) is 0 Å². The SMILES string of the molecule is COc1ccc(/N=C(\C)c2ccc(OC)cc2)cc1.[Cl-].[Cl-].[Cl-].[Ir+3]. The number of halogens is 3. The van der Waals surface area contributed by atoms with Crippen LogP contribution in [0.3, 0.4) is 0 Å². The molecule has 0 radical (unpaired) electrons. The van der Waals surface area contributed by atoms with E-state index >= 15 is 0 Å². The number of methoxy groups -OCH3 is 2. The van der Waals surface area contributed by atoms with Gasteiger partial charge in [-0.15, -0.1) is 0 Å². The molecule has 0 saturated carbocycles. The molecule has 0 atom stereocenters. The molecule has 0 N–H and O–H groups in total. The molecule has 0 unspecified atom stereocenters. The molecular formula is C16H17Cl3IrNO2. The summed E-state index contributed by atoms with van der Waals surface area (Å²) in [6.07, 6.45) is 0. The van der Waals surface area contributed by atoms with Crippen molar-refractivity contribution < 1.29 is 66.8 Å². The molecule has 0 amide bonds. The van der Waals surface area contributed by atoms with Crippen LogP contribution >= 0.6 is 0 Å². The third-order valence-electron chi connectivity index (χ3n) is 2.88. The molecule has 0 heterocycles. The van der Waals surface area contributed by atoms with Crippen LogP contribution in [-0.4, -0.2) is 19.9 Å². The molecule has 7 heteroatoms. The van der Waals surface area contributed by atoms with Crippen molar-refractivity contribution in [3.05, 3.63) is 54.1 Å². The molecule has 3 nitrogen and oxygen atoms in total. The van der Waals surface area contributed by atoms with E-state index in [1.807, 2.05) is 55.5 Å². The van der Waals surface area contributed by atoms with Crippen molar-refractivity contribution >= 4 is 11.4 Å². The topological polar surface area (TPSA) is 30.8 Å². The molecule has 0 spiro atoms.